The van der Waals surface area contributed by atoms with Gasteiger partial charge < -0.3 is 10.2 Å². The van der Waals surface area contributed by atoms with Crippen molar-refractivity contribution in [1.82, 2.24) is 15.2 Å². The van der Waals surface area contributed by atoms with Gasteiger partial charge in [-0.15, -0.1) is 0 Å². The third kappa shape index (κ3) is 2.54. The predicted octanol–water partition coefficient (Wildman–Crippen LogP) is 2.04. The maximum atomic E-state index is 4.72. The van der Waals surface area contributed by atoms with Crippen LogP contribution in [0.1, 0.15) is 31.4 Å². The topological polar surface area (TPSA) is 28.2 Å². The van der Waals surface area contributed by atoms with Gasteiger partial charge in [-0.05, 0) is 70.4 Å². The minimum Gasteiger partial charge on any atom is -0.316 e. The van der Waals surface area contributed by atoms with Crippen molar-refractivity contribution in [3.05, 3.63) is 30.1 Å². The fraction of sp³-hybridized carbons (Fsp3) is 0.688. The van der Waals surface area contributed by atoms with Crippen molar-refractivity contribution in [1.29, 1.82) is 0 Å². The Morgan fingerprint density at radius 3 is 2.79 bits per heavy atom. The highest BCUT2D eigenvalue weighted by Crippen LogP contribution is 2.42. The molecule has 1 aromatic heterocycles. The van der Waals surface area contributed by atoms with Crippen LogP contribution in [0.5, 0.6) is 0 Å². The fourth-order valence-electron chi connectivity index (χ4n) is 3.92. The summed E-state index contributed by atoms with van der Waals surface area (Å²) in [4.78, 5) is 7.17. The van der Waals surface area contributed by atoms with Gasteiger partial charge in [-0.2, -0.15) is 0 Å². The highest BCUT2D eigenvalue weighted by atomic mass is 15.1. The molecule has 3 rings (SSSR count). The normalized spacial score (nSPS) is 30.4. The van der Waals surface area contributed by atoms with Crippen LogP contribution in [-0.2, 0) is 5.41 Å². The first-order valence-corrected chi connectivity index (χ1v) is 7.62. The second-order valence-electron chi connectivity index (χ2n) is 6.23. The molecule has 104 valence electrons. The van der Waals surface area contributed by atoms with E-state index in [-0.39, 0.29) is 5.41 Å². The highest BCUT2D eigenvalue weighted by Gasteiger charge is 2.43. The van der Waals surface area contributed by atoms with Crippen LogP contribution in [0.15, 0.2) is 24.4 Å². The van der Waals surface area contributed by atoms with Gasteiger partial charge in [-0.3, -0.25) is 4.98 Å². The first kappa shape index (κ1) is 13.1. The summed E-state index contributed by atoms with van der Waals surface area (Å²) in [5, 5.41) is 3.63. The molecule has 1 unspecified atom stereocenters. The lowest BCUT2D eigenvalue weighted by atomic mass is 9.65. The van der Waals surface area contributed by atoms with Crippen molar-refractivity contribution in [2.45, 2.75) is 31.1 Å². The number of rotatable bonds is 2. The van der Waals surface area contributed by atoms with Gasteiger partial charge >= 0.3 is 0 Å². The second-order valence-corrected chi connectivity index (χ2v) is 6.23. The summed E-state index contributed by atoms with van der Waals surface area (Å²) in [5.74, 6) is 0.784. The van der Waals surface area contributed by atoms with Crippen LogP contribution in [-0.4, -0.2) is 43.1 Å². The van der Waals surface area contributed by atoms with E-state index in [4.69, 9.17) is 4.98 Å². The van der Waals surface area contributed by atoms with E-state index in [1.54, 1.807) is 0 Å². The molecule has 3 heteroatoms. The zero-order chi connectivity index (χ0) is 13.1. The van der Waals surface area contributed by atoms with Crippen molar-refractivity contribution in [3.63, 3.8) is 0 Å². The Morgan fingerprint density at radius 2 is 2.16 bits per heavy atom. The summed E-state index contributed by atoms with van der Waals surface area (Å²) in [5.41, 5.74) is 1.59. The van der Waals surface area contributed by atoms with E-state index in [9.17, 15) is 0 Å². The van der Waals surface area contributed by atoms with E-state index in [2.05, 4.69) is 29.4 Å². The van der Waals surface area contributed by atoms with E-state index >= 15 is 0 Å². The van der Waals surface area contributed by atoms with Gasteiger partial charge in [-0.1, -0.05) is 6.07 Å². The van der Waals surface area contributed by atoms with Crippen molar-refractivity contribution in [2.75, 3.05) is 33.2 Å². The first-order valence-electron chi connectivity index (χ1n) is 7.62. The Labute approximate surface area is 116 Å². The highest BCUT2D eigenvalue weighted by molar-refractivity contribution is 5.21. The van der Waals surface area contributed by atoms with Gasteiger partial charge in [-0.25, -0.2) is 0 Å². The Balaban J connectivity index is 1.88. The minimum atomic E-state index is 0.279. The van der Waals surface area contributed by atoms with Gasteiger partial charge in [0, 0.05) is 23.9 Å². The van der Waals surface area contributed by atoms with Crippen LogP contribution >= 0.6 is 0 Å². The van der Waals surface area contributed by atoms with Crippen molar-refractivity contribution in [2.24, 2.45) is 5.92 Å². The number of pyridine rings is 1. The number of hydrogen-bond donors (Lipinski definition) is 1. The molecule has 1 N–H and O–H groups in total. The third-order valence-electron chi connectivity index (χ3n) is 5.09. The third-order valence-corrected chi connectivity index (χ3v) is 5.09. The average molecular weight is 259 g/mol. The molecular weight excluding hydrogens is 234 g/mol. The van der Waals surface area contributed by atoms with Crippen LogP contribution in [0.25, 0.3) is 0 Å². The van der Waals surface area contributed by atoms with Crippen molar-refractivity contribution >= 4 is 0 Å². The Bertz CT molecular complexity index is 390. The number of nitrogens with one attached hydrogen (secondary N) is 1. The van der Waals surface area contributed by atoms with E-state index in [1.165, 1.54) is 51.0 Å². The van der Waals surface area contributed by atoms with E-state index in [0.717, 1.165) is 12.5 Å². The number of hydrogen-bond acceptors (Lipinski definition) is 3. The molecule has 0 saturated carbocycles. The molecule has 1 atom stereocenters. The van der Waals surface area contributed by atoms with E-state index < -0.39 is 0 Å². The summed E-state index contributed by atoms with van der Waals surface area (Å²) < 4.78 is 0. The molecule has 0 amide bonds. The molecule has 0 spiro atoms. The first-order chi connectivity index (χ1) is 9.31. The van der Waals surface area contributed by atoms with Crippen LogP contribution in [0.4, 0.5) is 0 Å². The Kier molecular flexibility index (Phi) is 3.85. The van der Waals surface area contributed by atoms with Crippen LogP contribution in [0, 0.1) is 5.92 Å². The number of piperidine rings is 2. The van der Waals surface area contributed by atoms with Crippen LogP contribution in [0.3, 0.4) is 0 Å². The molecule has 2 aliphatic heterocycles. The SMILES string of the molecule is CN1CCC(C2(c3ccccn3)CCCNC2)CC1. The van der Waals surface area contributed by atoms with Gasteiger partial charge in [0.25, 0.3) is 0 Å². The Morgan fingerprint density at radius 1 is 1.32 bits per heavy atom. The monoisotopic (exact) mass is 259 g/mol. The summed E-state index contributed by atoms with van der Waals surface area (Å²) in [7, 11) is 2.24. The van der Waals surface area contributed by atoms with Gasteiger partial charge in [0.15, 0.2) is 0 Å². The molecule has 1 aromatic rings. The molecule has 3 nitrogen and oxygen atoms in total. The largest absolute Gasteiger partial charge is 0.316 e. The maximum Gasteiger partial charge on any atom is 0.0480 e. The van der Waals surface area contributed by atoms with E-state index in [1.807, 2.05) is 12.3 Å². The van der Waals surface area contributed by atoms with Gasteiger partial charge in [0.1, 0.15) is 0 Å². The molecule has 2 fully saturated rings. The molecular formula is C16H25N3. The van der Waals surface area contributed by atoms with E-state index in [0.29, 0.717) is 0 Å². The minimum absolute atomic E-state index is 0.279. The molecule has 3 heterocycles. The lowest BCUT2D eigenvalue weighted by molar-refractivity contribution is 0.118. The summed E-state index contributed by atoms with van der Waals surface area (Å²) >= 11 is 0. The standard InChI is InChI=1S/C16H25N3/c1-19-11-6-14(7-12-19)16(8-4-9-17-13-16)15-5-2-3-10-18-15/h2-3,5,10,14,17H,4,6-9,11-13H2,1H3. The number of nitrogens with zero attached hydrogens (tertiary/aromatic N) is 2. The summed E-state index contributed by atoms with van der Waals surface area (Å²) in [6.45, 7) is 4.75. The lowest BCUT2D eigenvalue weighted by Crippen LogP contribution is -2.51. The van der Waals surface area contributed by atoms with Gasteiger partial charge in [0.2, 0.25) is 0 Å². The zero-order valence-corrected chi connectivity index (χ0v) is 11.9. The molecule has 2 aliphatic rings. The lowest BCUT2D eigenvalue weighted by Gasteiger charge is -2.46. The molecule has 19 heavy (non-hydrogen) atoms. The zero-order valence-electron chi connectivity index (χ0n) is 11.9. The molecule has 2 saturated heterocycles. The fourth-order valence-corrected chi connectivity index (χ4v) is 3.92. The molecule has 0 aromatic carbocycles. The van der Waals surface area contributed by atoms with Crippen molar-refractivity contribution < 1.29 is 0 Å². The van der Waals surface area contributed by atoms with Gasteiger partial charge in [0.05, 0.1) is 0 Å². The van der Waals surface area contributed by atoms with Crippen LogP contribution < -0.4 is 5.32 Å². The Hall–Kier alpha value is -0.930. The number of likely N-dealkylation sites (tertiary alicyclic amines) is 1. The predicted molar refractivity (Wildman–Crippen MR) is 78.2 cm³/mol. The average Bonchev–Trinajstić information content (AvgIpc) is 2.49. The number of aromatic nitrogens is 1. The van der Waals surface area contributed by atoms with Crippen LogP contribution in [0.2, 0.25) is 0 Å². The smallest absolute Gasteiger partial charge is 0.0480 e. The summed E-state index contributed by atoms with van der Waals surface area (Å²) in [6, 6.07) is 6.42. The maximum absolute atomic E-state index is 4.72. The summed E-state index contributed by atoms with van der Waals surface area (Å²) in [6.07, 6.45) is 7.17. The molecule has 0 bridgehead atoms. The molecule has 0 aliphatic carbocycles. The second kappa shape index (κ2) is 5.59. The molecule has 0 radical (unpaired) electrons. The quantitative estimate of drug-likeness (QED) is 0.881. The van der Waals surface area contributed by atoms with Crippen molar-refractivity contribution in [3.8, 4) is 0 Å².